The van der Waals surface area contributed by atoms with Crippen LogP contribution in [0.5, 0.6) is 6.01 Å². The number of rotatable bonds is 3. The Kier molecular flexibility index (Phi) is 4.36. The highest BCUT2D eigenvalue weighted by Gasteiger charge is 2.33. The summed E-state index contributed by atoms with van der Waals surface area (Å²) in [5, 5.41) is 0. The molecule has 3 rings (SSSR count). The molecule has 0 radical (unpaired) electrons. The van der Waals surface area contributed by atoms with Crippen molar-refractivity contribution >= 4 is 5.91 Å². The Morgan fingerprint density at radius 3 is 2.96 bits per heavy atom. The molecule has 0 aliphatic carbocycles. The van der Waals surface area contributed by atoms with Gasteiger partial charge in [0.05, 0.1) is 19.1 Å². The molecule has 128 valence electrons. The Morgan fingerprint density at radius 2 is 2.25 bits per heavy atom. The van der Waals surface area contributed by atoms with Gasteiger partial charge in [-0.15, -0.1) is 0 Å². The molecule has 0 spiro atoms. The molecule has 1 fully saturated rings. The molecule has 1 amide bonds. The zero-order chi connectivity index (χ0) is 17.2. The summed E-state index contributed by atoms with van der Waals surface area (Å²) in [6, 6.07) is 0.438. The molecule has 10 heteroatoms. The van der Waals surface area contributed by atoms with Crippen molar-refractivity contribution in [1.82, 2.24) is 24.8 Å². The Balaban J connectivity index is 1.67. The van der Waals surface area contributed by atoms with Crippen molar-refractivity contribution in [3.05, 3.63) is 36.2 Å². The standard InChI is InChI=1S/C14H14F3N5O2/c15-14(16,17)11-3-4-19-13(21-11)24-9-2-1-5-22(7-9)12(23)10-6-18-8-20-10/h3-4,6,8-9H,1-2,5,7H2,(H,18,20). The smallest absolute Gasteiger partial charge is 0.433 e. The van der Waals surface area contributed by atoms with E-state index in [0.717, 1.165) is 12.3 Å². The van der Waals surface area contributed by atoms with Crippen LogP contribution in [-0.2, 0) is 6.18 Å². The fraction of sp³-hybridized carbons (Fsp3) is 0.429. The van der Waals surface area contributed by atoms with E-state index in [1.54, 1.807) is 4.90 Å². The minimum Gasteiger partial charge on any atom is -0.458 e. The number of alkyl halides is 3. The number of nitrogens with zero attached hydrogens (tertiary/aromatic N) is 4. The molecule has 0 saturated carbocycles. The van der Waals surface area contributed by atoms with Gasteiger partial charge in [-0.3, -0.25) is 4.79 Å². The number of carbonyl (C=O) groups excluding carboxylic acids is 1. The van der Waals surface area contributed by atoms with E-state index in [0.29, 0.717) is 25.1 Å². The maximum atomic E-state index is 12.7. The van der Waals surface area contributed by atoms with Gasteiger partial charge in [0.1, 0.15) is 11.8 Å². The van der Waals surface area contributed by atoms with Crippen LogP contribution in [-0.4, -0.2) is 49.9 Å². The minimum absolute atomic E-state index is 0.231. The number of hydrogen-bond donors (Lipinski definition) is 1. The lowest BCUT2D eigenvalue weighted by atomic mass is 10.1. The number of piperidine rings is 1. The second-order valence-corrected chi connectivity index (χ2v) is 5.32. The average molecular weight is 341 g/mol. The Hall–Kier alpha value is -2.65. The molecule has 1 aliphatic heterocycles. The molecule has 7 nitrogen and oxygen atoms in total. The summed E-state index contributed by atoms with van der Waals surface area (Å²) in [6.45, 7) is 0.790. The van der Waals surface area contributed by atoms with E-state index in [1.807, 2.05) is 0 Å². The Morgan fingerprint density at radius 1 is 1.42 bits per heavy atom. The van der Waals surface area contributed by atoms with E-state index in [2.05, 4.69) is 19.9 Å². The number of aromatic amines is 1. The molecule has 1 aliphatic rings. The van der Waals surface area contributed by atoms with E-state index < -0.39 is 18.0 Å². The molecule has 2 aromatic rings. The maximum Gasteiger partial charge on any atom is 0.433 e. The molecule has 1 saturated heterocycles. The third-order valence-electron chi connectivity index (χ3n) is 3.59. The summed E-state index contributed by atoms with van der Waals surface area (Å²) in [4.78, 5) is 27.4. The number of nitrogens with one attached hydrogen (secondary N) is 1. The Bertz CT molecular complexity index is 705. The highest BCUT2D eigenvalue weighted by atomic mass is 19.4. The summed E-state index contributed by atoms with van der Waals surface area (Å²) in [5.74, 6) is -0.231. The second kappa shape index (κ2) is 6.46. The number of halogens is 3. The van der Waals surface area contributed by atoms with E-state index in [-0.39, 0.29) is 18.5 Å². The molecular weight excluding hydrogens is 327 g/mol. The Labute approximate surface area is 134 Å². The van der Waals surface area contributed by atoms with Crippen LogP contribution in [0.1, 0.15) is 29.0 Å². The molecule has 0 bridgehead atoms. The quantitative estimate of drug-likeness (QED) is 0.922. The van der Waals surface area contributed by atoms with Crippen molar-refractivity contribution in [3.8, 4) is 6.01 Å². The molecule has 0 aromatic carbocycles. The van der Waals surface area contributed by atoms with Gasteiger partial charge in [0.2, 0.25) is 0 Å². The highest BCUT2D eigenvalue weighted by Crippen LogP contribution is 2.28. The predicted octanol–water partition coefficient (Wildman–Crippen LogP) is 1.90. The maximum absolute atomic E-state index is 12.7. The van der Waals surface area contributed by atoms with E-state index >= 15 is 0 Å². The number of aromatic nitrogens is 4. The van der Waals surface area contributed by atoms with Crippen LogP contribution in [0, 0.1) is 0 Å². The molecule has 1 atom stereocenters. The van der Waals surface area contributed by atoms with Gasteiger partial charge in [0, 0.05) is 12.7 Å². The topological polar surface area (TPSA) is 84.0 Å². The summed E-state index contributed by atoms with van der Waals surface area (Å²) in [5.41, 5.74) is -0.709. The number of imidazole rings is 1. The fourth-order valence-corrected chi connectivity index (χ4v) is 2.47. The van der Waals surface area contributed by atoms with Gasteiger partial charge in [0.15, 0.2) is 5.69 Å². The van der Waals surface area contributed by atoms with Crippen molar-refractivity contribution in [2.75, 3.05) is 13.1 Å². The summed E-state index contributed by atoms with van der Waals surface area (Å²) in [7, 11) is 0. The van der Waals surface area contributed by atoms with Gasteiger partial charge < -0.3 is 14.6 Å². The summed E-state index contributed by atoms with van der Waals surface area (Å²) < 4.78 is 43.4. The lowest BCUT2D eigenvalue weighted by molar-refractivity contribution is -0.141. The van der Waals surface area contributed by atoms with Crippen molar-refractivity contribution in [2.45, 2.75) is 25.1 Å². The predicted molar refractivity (Wildman–Crippen MR) is 75.2 cm³/mol. The van der Waals surface area contributed by atoms with E-state index in [4.69, 9.17) is 4.74 Å². The van der Waals surface area contributed by atoms with Gasteiger partial charge in [-0.25, -0.2) is 9.97 Å². The summed E-state index contributed by atoms with van der Waals surface area (Å²) in [6.07, 6.45) is 0.0758. The molecule has 3 heterocycles. The number of ether oxygens (including phenoxy) is 1. The van der Waals surface area contributed by atoms with Crippen LogP contribution in [0.3, 0.4) is 0 Å². The number of H-pyrrole nitrogens is 1. The van der Waals surface area contributed by atoms with Crippen LogP contribution in [0.25, 0.3) is 0 Å². The lowest BCUT2D eigenvalue weighted by Gasteiger charge is -2.32. The first-order valence-corrected chi connectivity index (χ1v) is 7.28. The van der Waals surface area contributed by atoms with E-state index in [9.17, 15) is 18.0 Å². The zero-order valence-corrected chi connectivity index (χ0v) is 12.5. The van der Waals surface area contributed by atoms with Crippen molar-refractivity contribution in [3.63, 3.8) is 0 Å². The number of carbonyl (C=O) groups is 1. The first-order valence-electron chi connectivity index (χ1n) is 7.28. The van der Waals surface area contributed by atoms with Gasteiger partial charge in [-0.2, -0.15) is 18.2 Å². The number of hydrogen-bond acceptors (Lipinski definition) is 5. The third kappa shape index (κ3) is 3.63. The minimum atomic E-state index is -4.56. The van der Waals surface area contributed by atoms with Gasteiger partial charge in [-0.1, -0.05) is 0 Å². The van der Waals surface area contributed by atoms with Crippen molar-refractivity contribution in [1.29, 1.82) is 0 Å². The normalized spacial score (nSPS) is 18.5. The number of amides is 1. The van der Waals surface area contributed by atoms with Gasteiger partial charge in [0.25, 0.3) is 5.91 Å². The largest absolute Gasteiger partial charge is 0.458 e. The second-order valence-electron chi connectivity index (χ2n) is 5.32. The zero-order valence-electron chi connectivity index (χ0n) is 12.5. The van der Waals surface area contributed by atoms with E-state index in [1.165, 1.54) is 12.5 Å². The van der Waals surface area contributed by atoms with Crippen LogP contribution in [0.2, 0.25) is 0 Å². The van der Waals surface area contributed by atoms with Gasteiger partial charge in [-0.05, 0) is 18.9 Å². The third-order valence-corrected chi connectivity index (χ3v) is 3.59. The van der Waals surface area contributed by atoms with Crippen LogP contribution >= 0.6 is 0 Å². The lowest BCUT2D eigenvalue weighted by Crippen LogP contribution is -2.44. The first kappa shape index (κ1) is 16.2. The van der Waals surface area contributed by atoms with Crippen molar-refractivity contribution < 1.29 is 22.7 Å². The van der Waals surface area contributed by atoms with Crippen LogP contribution < -0.4 is 4.74 Å². The molecule has 1 unspecified atom stereocenters. The van der Waals surface area contributed by atoms with Crippen molar-refractivity contribution in [2.24, 2.45) is 0 Å². The van der Waals surface area contributed by atoms with Crippen LogP contribution in [0.4, 0.5) is 13.2 Å². The highest BCUT2D eigenvalue weighted by molar-refractivity contribution is 5.92. The summed E-state index contributed by atoms with van der Waals surface area (Å²) >= 11 is 0. The monoisotopic (exact) mass is 341 g/mol. The van der Waals surface area contributed by atoms with Crippen LogP contribution in [0.15, 0.2) is 24.8 Å². The molecule has 24 heavy (non-hydrogen) atoms. The molecular formula is C14H14F3N5O2. The molecule has 1 N–H and O–H groups in total. The average Bonchev–Trinajstić information content (AvgIpc) is 3.08. The molecule has 2 aromatic heterocycles. The van der Waals surface area contributed by atoms with Gasteiger partial charge >= 0.3 is 12.2 Å². The fourth-order valence-electron chi connectivity index (χ4n) is 2.47. The SMILES string of the molecule is O=C(c1cnc[nH]1)N1CCCC(Oc2nccc(C(F)(F)F)n2)C1. The number of likely N-dealkylation sites (tertiary alicyclic amines) is 1. The first-order chi connectivity index (χ1) is 11.4.